The fourth-order valence-corrected chi connectivity index (χ4v) is 3.77. The first kappa shape index (κ1) is 18.5. The topological polar surface area (TPSA) is 49.8 Å². The molecule has 0 amide bonds. The Balaban J connectivity index is 1.62. The summed E-state index contributed by atoms with van der Waals surface area (Å²) in [4.78, 5) is 4.58. The van der Waals surface area contributed by atoms with Crippen LogP contribution in [-0.4, -0.2) is 4.98 Å². The zero-order chi connectivity index (χ0) is 19.5. The Morgan fingerprint density at radius 1 is 1.00 bits per heavy atom. The Labute approximate surface area is 176 Å². The summed E-state index contributed by atoms with van der Waals surface area (Å²) in [7, 11) is 0. The van der Waals surface area contributed by atoms with E-state index in [-0.39, 0.29) is 0 Å². The molecule has 2 aromatic carbocycles. The van der Waals surface area contributed by atoms with Crippen LogP contribution in [0.1, 0.15) is 10.8 Å². The van der Waals surface area contributed by atoms with Crippen LogP contribution in [-0.2, 0) is 0 Å². The van der Waals surface area contributed by atoms with Gasteiger partial charge in [0.1, 0.15) is 22.6 Å². The molecule has 0 spiro atoms. The van der Waals surface area contributed by atoms with Gasteiger partial charge in [0.05, 0.1) is 11.3 Å². The summed E-state index contributed by atoms with van der Waals surface area (Å²) in [5, 5.41) is 13.5. The van der Waals surface area contributed by atoms with E-state index in [1.807, 2.05) is 66.0 Å². The highest BCUT2D eigenvalue weighted by Gasteiger charge is 2.11. The maximum atomic E-state index is 9.59. The van der Waals surface area contributed by atoms with Crippen molar-refractivity contribution in [1.29, 1.82) is 5.26 Å². The summed E-state index contributed by atoms with van der Waals surface area (Å²) in [5.74, 6) is 1.27. The van der Waals surface area contributed by atoms with Gasteiger partial charge >= 0.3 is 0 Å². The fraction of sp³-hybridized carbons (Fsp3) is 0. The van der Waals surface area contributed by atoms with Gasteiger partial charge in [0, 0.05) is 32.6 Å². The van der Waals surface area contributed by atoms with Crippen molar-refractivity contribution in [1.82, 2.24) is 4.98 Å². The monoisotopic (exact) mass is 422 g/mol. The van der Waals surface area contributed by atoms with Gasteiger partial charge in [0.15, 0.2) is 0 Å². The van der Waals surface area contributed by atoms with Gasteiger partial charge in [0.25, 0.3) is 0 Å². The molecular weight excluding hydrogens is 411 g/mol. The van der Waals surface area contributed by atoms with Crippen LogP contribution in [0.3, 0.4) is 0 Å². The molecule has 0 saturated carbocycles. The molecule has 3 nitrogen and oxygen atoms in total. The number of halogens is 2. The van der Waals surface area contributed by atoms with Gasteiger partial charge in [-0.3, -0.25) is 0 Å². The number of rotatable bonds is 4. The van der Waals surface area contributed by atoms with E-state index >= 15 is 0 Å². The molecule has 0 radical (unpaired) electrons. The highest BCUT2D eigenvalue weighted by molar-refractivity contribution is 7.11. The van der Waals surface area contributed by atoms with Gasteiger partial charge in [-0.1, -0.05) is 47.5 Å². The third kappa shape index (κ3) is 4.02. The Kier molecular flexibility index (Phi) is 5.31. The second kappa shape index (κ2) is 8.04. The lowest BCUT2D eigenvalue weighted by atomic mass is 10.2. The molecule has 4 aromatic rings. The van der Waals surface area contributed by atoms with E-state index in [9.17, 15) is 5.26 Å². The van der Waals surface area contributed by atoms with Crippen LogP contribution >= 0.6 is 34.5 Å². The van der Waals surface area contributed by atoms with Crippen molar-refractivity contribution in [3.63, 3.8) is 0 Å². The predicted molar refractivity (Wildman–Crippen MR) is 115 cm³/mol. The van der Waals surface area contributed by atoms with E-state index in [1.165, 1.54) is 11.3 Å². The van der Waals surface area contributed by atoms with Crippen molar-refractivity contribution in [3.05, 3.63) is 86.9 Å². The Hall–Kier alpha value is -2.84. The molecule has 0 fully saturated rings. The number of hydrogen-bond acceptors (Lipinski definition) is 4. The molecule has 2 aromatic heterocycles. The van der Waals surface area contributed by atoms with Gasteiger partial charge in [-0.25, -0.2) is 4.98 Å². The van der Waals surface area contributed by atoms with Crippen molar-refractivity contribution in [3.8, 4) is 28.7 Å². The standard InChI is InChI=1S/C22H12Cl2N2OS/c23-17-6-4-14(5-7-17)20-13-28-22(26-20)16(12-25)11-19-8-9-21(27-19)15-2-1-3-18(24)10-15/h1-11,13H/b16-11+. The fourth-order valence-electron chi connectivity index (χ4n) is 2.66. The number of thiazole rings is 1. The summed E-state index contributed by atoms with van der Waals surface area (Å²) in [6, 6.07) is 20.7. The summed E-state index contributed by atoms with van der Waals surface area (Å²) in [5.41, 5.74) is 3.07. The lowest BCUT2D eigenvalue weighted by Crippen LogP contribution is -1.82. The largest absolute Gasteiger partial charge is 0.457 e. The number of nitriles is 1. The SMILES string of the molecule is N#C/C(=C\c1ccc(-c2cccc(Cl)c2)o1)c1nc(-c2ccc(Cl)cc2)cs1. The van der Waals surface area contributed by atoms with Crippen molar-refractivity contribution >= 4 is 46.2 Å². The highest BCUT2D eigenvalue weighted by atomic mass is 35.5. The molecule has 2 heterocycles. The molecule has 0 unspecified atom stereocenters. The molecule has 0 atom stereocenters. The Morgan fingerprint density at radius 3 is 2.57 bits per heavy atom. The lowest BCUT2D eigenvalue weighted by Gasteiger charge is -1.97. The quantitative estimate of drug-likeness (QED) is 0.321. The molecule has 6 heteroatoms. The molecule has 0 N–H and O–H groups in total. The zero-order valence-electron chi connectivity index (χ0n) is 14.4. The van der Waals surface area contributed by atoms with Crippen LogP contribution in [0.2, 0.25) is 10.0 Å². The van der Waals surface area contributed by atoms with Gasteiger partial charge in [-0.15, -0.1) is 11.3 Å². The summed E-state index contributed by atoms with van der Waals surface area (Å²) in [6.07, 6.45) is 1.69. The number of allylic oxidation sites excluding steroid dienone is 1. The number of aromatic nitrogens is 1. The Bertz CT molecular complexity index is 1200. The first-order valence-corrected chi connectivity index (χ1v) is 9.95. The second-order valence-electron chi connectivity index (χ2n) is 5.93. The molecule has 0 bridgehead atoms. The van der Waals surface area contributed by atoms with Crippen LogP contribution in [0.15, 0.2) is 70.5 Å². The molecule has 0 aliphatic heterocycles. The molecule has 28 heavy (non-hydrogen) atoms. The highest BCUT2D eigenvalue weighted by Crippen LogP contribution is 2.30. The van der Waals surface area contributed by atoms with Gasteiger partial charge in [-0.05, 0) is 36.4 Å². The minimum atomic E-state index is 0.442. The number of nitrogens with zero attached hydrogens (tertiary/aromatic N) is 2. The van der Waals surface area contributed by atoms with E-state index < -0.39 is 0 Å². The van der Waals surface area contributed by atoms with Gasteiger partial charge < -0.3 is 4.42 Å². The summed E-state index contributed by atoms with van der Waals surface area (Å²) < 4.78 is 5.86. The molecular formula is C22H12Cl2N2OS. The first-order chi connectivity index (χ1) is 13.6. The molecule has 0 aliphatic carbocycles. The van der Waals surface area contributed by atoms with Gasteiger partial charge in [0.2, 0.25) is 0 Å². The molecule has 136 valence electrons. The van der Waals surface area contributed by atoms with Crippen molar-refractivity contribution < 1.29 is 4.42 Å². The van der Waals surface area contributed by atoms with Crippen molar-refractivity contribution in [2.75, 3.05) is 0 Å². The molecule has 0 saturated heterocycles. The molecule has 0 aliphatic rings. The second-order valence-corrected chi connectivity index (χ2v) is 7.66. The smallest absolute Gasteiger partial charge is 0.134 e. The predicted octanol–water partition coefficient (Wildman–Crippen LogP) is 7.44. The van der Waals surface area contributed by atoms with Crippen LogP contribution in [0.5, 0.6) is 0 Å². The van der Waals surface area contributed by atoms with Crippen LogP contribution < -0.4 is 0 Å². The van der Waals surface area contributed by atoms with Gasteiger partial charge in [-0.2, -0.15) is 5.26 Å². The van der Waals surface area contributed by atoms with Crippen LogP contribution in [0, 0.1) is 11.3 Å². The van der Waals surface area contributed by atoms with E-state index in [0.29, 0.717) is 32.1 Å². The minimum Gasteiger partial charge on any atom is -0.457 e. The summed E-state index contributed by atoms with van der Waals surface area (Å²) in [6.45, 7) is 0. The lowest BCUT2D eigenvalue weighted by molar-refractivity contribution is 0.572. The van der Waals surface area contributed by atoms with E-state index in [1.54, 1.807) is 6.08 Å². The number of hydrogen-bond donors (Lipinski definition) is 0. The number of benzene rings is 2. The normalized spacial score (nSPS) is 11.4. The maximum Gasteiger partial charge on any atom is 0.134 e. The third-order valence-electron chi connectivity index (χ3n) is 4.02. The minimum absolute atomic E-state index is 0.442. The average Bonchev–Trinajstić information content (AvgIpc) is 3.37. The zero-order valence-corrected chi connectivity index (χ0v) is 16.7. The average molecular weight is 423 g/mol. The van der Waals surface area contributed by atoms with E-state index in [0.717, 1.165) is 16.8 Å². The summed E-state index contributed by atoms with van der Waals surface area (Å²) >= 11 is 13.4. The first-order valence-electron chi connectivity index (χ1n) is 8.32. The van der Waals surface area contributed by atoms with E-state index in [2.05, 4.69) is 11.1 Å². The third-order valence-corrected chi connectivity index (χ3v) is 5.38. The Morgan fingerprint density at radius 2 is 1.82 bits per heavy atom. The number of furan rings is 1. The molecule has 4 rings (SSSR count). The van der Waals surface area contributed by atoms with Crippen molar-refractivity contribution in [2.24, 2.45) is 0 Å². The maximum absolute atomic E-state index is 9.59. The van der Waals surface area contributed by atoms with Crippen LogP contribution in [0.25, 0.3) is 34.2 Å². The van der Waals surface area contributed by atoms with Crippen LogP contribution in [0.4, 0.5) is 0 Å². The van der Waals surface area contributed by atoms with E-state index in [4.69, 9.17) is 27.6 Å². The van der Waals surface area contributed by atoms with Crippen molar-refractivity contribution in [2.45, 2.75) is 0 Å².